The summed E-state index contributed by atoms with van der Waals surface area (Å²) in [6.07, 6.45) is 1.57. The van der Waals surface area contributed by atoms with Crippen molar-refractivity contribution in [3.63, 3.8) is 0 Å². The van der Waals surface area contributed by atoms with E-state index in [2.05, 4.69) is 31.1 Å². The van der Waals surface area contributed by atoms with E-state index in [9.17, 15) is 0 Å². The Morgan fingerprint density at radius 1 is 1.53 bits per heavy atom. The van der Waals surface area contributed by atoms with Crippen molar-refractivity contribution in [2.24, 2.45) is 5.92 Å². The molecule has 4 heteroatoms. The fourth-order valence-corrected chi connectivity index (χ4v) is 1.81. The van der Waals surface area contributed by atoms with E-state index in [1.807, 2.05) is 6.07 Å². The van der Waals surface area contributed by atoms with E-state index in [0.717, 1.165) is 12.1 Å². The van der Waals surface area contributed by atoms with Crippen molar-refractivity contribution in [2.75, 3.05) is 12.3 Å². The van der Waals surface area contributed by atoms with E-state index in [0.29, 0.717) is 16.8 Å². The summed E-state index contributed by atoms with van der Waals surface area (Å²) in [5, 5.41) is 4.02. The molecule has 0 fully saturated rings. The van der Waals surface area contributed by atoms with Crippen LogP contribution in [0.4, 0.5) is 5.82 Å². The number of nitrogens with two attached hydrogens (primary N) is 1. The number of anilines is 1. The highest BCUT2D eigenvalue weighted by Gasteiger charge is 2.17. The molecule has 0 aliphatic carbocycles. The molecule has 1 aromatic heterocycles. The molecule has 1 atom stereocenters. The Hall–Kier alpha value is -0.800. The minimum Gasteiger partial charge on any atom is -0.383 e. The molecule has 0 aliphatic rings. The third-order valence-electron chi connectivity index (χ3n) is 2.34. The molecule has 3 nitrogen and oxygen atoms in total. The lowest BCUT2D eigenvalue weighted by atomic mass is 9.96. The fraction of sp³-hybridized carbons (Fsp3) is 0.545. The van der Waals surface area contributed by atoms with E-state index in [-0.39, 0.29) is 6.04 Å². The molecule has 1 unspecified atom stereocenters. The molecule has 0 saturated heterocycles. The minimum absolute atomic E-state index is 0.209. The Morgan fingerprint density at radius 3 is 2.73 bits per heavy atom. The molecule has 84 valence electrons. The van der Waals surface area contributed by atoms with Crippen molar-refractivity contribution in [1.82, 2.24) is 10.3 Å². The first-order valence-corrected chi connectivity index (χ1v) is 5.58. The Balaban J connectivity index is 3.04. The van der Waals surface area contributed by atoms with E-state index >= 15 is 0 Å². The van der Waals surface area contributed by atoms with Gasteiger partial charge in [0.05, 0.1) is 5.02 Å². The van der Waals surface area contributed by atoms with Crippen molar-refractivity contribution in [3.05, 3.63) is 22.8 Å². The number of nitrogen functional groups attached to an aromatic ring is 1. The lowest BCUT2D eigenvalue weighted by Crippen LogP contribution is -2.26. The molecule has 1 rings (SSSR count). The number of hydrogen-bond acceptors (Lipinski definition) is 3. The molecule has 0 saturated carbocycles. The monoisotopic (exact) mass is 227 g/mol. The first-order valence-electron chi connectivity index (χ1n) is 5.20. The molecule has 0 spiro atoms. The number of nitrogens with zero attached hydrogens (tertiary/aromatic N) is 1. The van der Waals surface area contributed by atoms with Crippen molar-refractivity contribution >= 4 is 17.4 Å². The quantitative estimate of drug-likeness (QED) is 0.832. The normalized spacial score (nSPS) is 13.1. The standard InChI is InChI=1S/C11H18ClN3/c1-4-14-10(7(2)3)9-5-8(12)6-15-11(9)13/h5-7,10,14H,4H2,1-3H3,(H2,13,15). The van der Waals surface area contributed by atoms with E-state index in [4.69, 9.17) is 17.3 Å². The van der Waals surface area contributed by atoms with Gasteiger partial charge in [-0.15, -0.1) is 0 Å². The second-order valence-corrected chi connectivity index (χ2v) is 4.34. The van der Waals surface area contributed by atoms with Crippen LogP contribution < -0.4 is 11.1 Å². The van der Waals surface area contributed by atoms with Crippen molar-refractivity contribution in [3.8, 4) is 0 Å². The fourth-order valence-electron chi connectivity index (χ4n) is 1.64. The van der Waals surface area contributed by atoms with Crippen LogP contribution in [0.2, 0.25) is 5.02 Å². The summed E-state index contributed by atoms with van der Waals surface area (Å²) in [4.78, 5) is 4.07. The molecule has 0 aromatic carbocycles. The lowest BCUT2D eigenvalue weighted by Gasteiger charge is -2.23. The van der Waals surface area contributed by atoms with Crippen LogP contribution in [0.1, 0.15) is 32.4 Å². The number of aromatic nitrogens is 1. The number of nitrogens with one attached hydrogen (secondary N) is 1. The van der Waals surface area contributed by atoms with Crippen LogP contribution >= 0.6 is 11.6 Å². The van der Waals surface area contributed by atoms with Gasteiger partial charge in [-0.3, -0.25) is 0 Å². The van der Waals surface area contributed by atoms with Gasteiger partial charge < -0.3 is 11.1 Å². The van der Waals surface area contributed by atoms with Gasteiger partial charge in [-0.2, -0.15) is 0 Å². The van der Waals surface area contributed by atoms with E-state index in [1.54, 1.807) is 6.20 Å². The SMILES string of the molecule is CCNC(c1cc(Cl)cnc1N)C(C)C. The van der Waals surface area contributed by atoms with Gasteiger partial charge in [0, 0.05) is 17.8 Å². The Kier molecular flexibility index (Phi) is 4.36. The van der Waals surface area contributed by atoms with E-state index in [1.165, 1.54) is 0 Å². The van der Waals surface area contributed by atoms with Crippen molar-refractivity contribution < 1.29 is 0 Å². The smallest absolute Gasteiger partial charge is 0.128 e. The van der Waals surface area contributed by atoms with Gasteiger partial charge in [0.2, 0.25) is 0 Å². The molecular weight excluding hydrogens is 210 g/mol. The molecule has 15 heavy (non-hydrogen) atoms. The second-order valence-electron chi connectivity index (χ2n) is 3.91. The largest absolute Gasteiger partial charge is 0.383 e. The molecule has 0 radical (unpaired) electrons. The molecule has 0 amide bonds. The molecular formula is C11H18ClN3. The van der Waals surface area contributed by atoms with Crippen LogP contribution in [0.15, 0.2) is 12.3 Å². The summed E-state index contributed by atoms with van der Waals surface area (Å²) in [5.41, 5.74) is 6.83. The Labute approximate surface area is 96.0 Å². The van der Waals surface area contributed by atoms with E-state index < -0.39 is 0 Å². The summed E-state index contributed by atoms with van der Waals surface area (Å²) in [5.74, 6) is 1.01. The molecule has 0 bridgehead atoms. The number of pyridine rings is 1. The summed E-state index contributed by atoms with van der Waals surface area (Å²) < 4.78 is 0. The highest BCUT2D eigenvalue weighted by Crippen LogP contribution is 2.27. The van der Waals surface area contributed by atoms with Crippen molar-refractivity contribution in [2.45, 2.75) is 26.8 Å². The zero-order valence-corrected chi connectivity index (χ0v) is 10.2. The van der Waals surface area contributed by atoms with Gasteiger partial charge in [0.1, 0.15) is 5.82 Å². The van der Waals surface area contributed by atoms with Crippen molar-refractivity contribution in [1.29, 1.82) is 0 Å². The third-order valence-corrected chi connectivity index (χ3v) is 2.55. The maximum absolute atomic E-state index is 5.92. The minimum atomic E-state index is 0.209. The van der Waals surface area contributed by atoms with Crippen LogP contribution in [0.25, 0.3) is 0 Å². The number of rotatable bonds is 4. The van der Waals surface area contributed by atoms with Gasteiger partial charge in [-0.1, -0.05) is 32.4 Å². The Morgan fingerprint density at radius 2 is 2.20 bits per heavy atom. The van der Waals surface area contributed by atoms with Gasteiger partial charge in [-0.25, -0.2) is 4.98 Å². The molecule has 0 aliphatic heterocycles. The average molecular weight is 228 g/mol. The highest BCUT2D eigenvalue weighted by molar-refractivity contribution is 6.30. The summed E-state index contributed by atoms with van der Waals surface area (Å²) in [6.45, 7) is 7.26. The Bertz CT molecular complexity index is 326. The predicted octanol–water partition coefficient (Wildman–Crippen LogP) is 2.62. The van der Waals surface area contributed by atoms with Crippen LogP contribution in [-0.4, -0.2) is 11.5 Å². The second kappa shape index (κ2) is 5.33. The molecule has 1 heterocycles. The van der Waals surface area contributed by atoms with Crippen LogP contribution in [0.3, 0.4) is 0 Å². The van der Waals surface area contributed by atoms with Crippen LogP contribution in [0, 0.1) is 5.92 Å². The number of halogens is 1. The number of hydrogen-bond donors (Lipinski definition) is 2. The summed E-state index contributed by atoms with van der Waals surface area (Å²) in [6, 6.07) is 2.10. The van der Waals surface area contributed by atoms with Gasteiger partial charge >= 0.3 is 0 Å². The van der Waals surface area contributed by atoms with Gasteiger partial charge in [0.15, 0.2) is 0 Å². The zero-order chi connectivity index (χ0) is 11.4. The van der Waals surface area contributed by atoms with Crippen LogP contribution in [-0.2, 0) is 0 Å². The summed E-state index contributed by atoms with van der Waals surface area (Å²) >= 11 is 5.92. The summed E-state index contributed by atoms with van der Waals surface area (Å²) in [7, 11) is 0. The molecule has 3 N–H and O–H groups in total. The topological polar surface area (TPSA) is 50.9 Å². The maximum atomic E-state index is 5.92. The molecule has 1 aromatic rings. The van der Waals surface area contributed by atoms with Gasteiger partial charge in [0.25, 0.3) is 0 Å². The first-order chi connectivity index (χ1) is 7.06. The highest BCUT2D eigenvalue weighted by atomic mass is 35.5. The lowest BCUT2D eigenvalue weighted by molar-refractivity contribution is 0.422. The first kappa shape index (κ1) is 12.3. The van der Waals surface area contributed by atoms with Crippen LogP contribution in [0.5, 0.6) is 0 Å². The predicted molar refractivity (Wildman–Crippen MR) is 64.9 cm³/mol. The maximum Gasteiger partial charge on any atom is 0.128 e. The van der Waals surface area contributed by atoms with Gasteiger partial charge in [-0.05, 0) is 18.5 Å². The zero-order valence-electron chi connectivity index (χ0n) is 9.42. The third kappa shape index (κ3) is 3.08. The average Bonchev–Trinajstić information content (AvgIpc) is 2.18.